The number of esters is 1. The van der Waals surface area contributed by atoms with Gasteiger partial charge in [-0.3, -0.25) is 33.6 Å². The summed E-state index contributed by atoms with van der Waals surface area (Å²) in [6.45, 7) is 33.0. The van der Waals surface area contributed by atoms with Crippen LogP contribution in [0.1, 0.15) is 298 Å². The number of allylic oxidation sites excluding steroid dienone is 2. The molecule has 0 aromatic heterocycles. The van der Waals surface area contributed by atoms with Gasteiger partial charge in [0.25, 0.3) is 0 Å². The molecule has 498 valence electrons. The van der Waals surface area contributed by atoms with Crippen LogP contribution in [0.3, 0.4) is 0 Å². The fraction of sp³-hybridized carbons (Fsp3) is 0.887. The van der Waals surface area contributed by atoms with E-state index in [0.29, 0.717) is 116 Å². The molecule has 24 atom stereocenters. The van der Waals surface area contributed by atoms with Gasteiger partial charge in [-0.2, -0.15) is 0 Å². The quantitative estimate of drug-likeness (QED) is 0.132. The Morgan fingerprint density at radius 1 is 0.523 bits per heavy atom. The highest BCUT2D eigenvalue weighted by molar-refractivity contribution is 5.94. The van der Waals surface area contributed by atoms with E-state index in [4.69, 9.17) is 4.74 Å². The van der Waals surface area contributed by atoms with Crippen molar-refractivity contribution in [3.05, 3.63) is 11.6 Å². The molecule has 0 N–H and O–H groups in total. The Bertz CT molecular complexity index is 2590. The Morgan fingerprint density at radius 2 is 1.02 bits per heavy atom. The van der Waals surface area contributed by atoms with Crippen molar-refractivity contribution in [3.63, 3.8) is 0 Å². The number of ether oxygens (including phenoxy) is 1. The molecule has 0 saturated heterocycles. The van der Waals surface area contributed by atoms with Crippen LogP contribution in [0.4, 0.5) is 0 Å². The third-order valence-corrected chi connectivity index (χ3v) is 30.2. The zero-order chi connectivity index (χ0) is 62.2. The van der Waals surface area contributed by atoms with E-state index in [9.17, 15) is 33.6 Å². The summed E-state index contributed by atoms with van der Waals surface area (Å²) in [5, 5.41) is 0. The predicted octanol–water partition coefficient (Wildman–Crippen LogP) is 19.5. The van der Waals surface area contributed by atoms with E-state index in [1.165, 1.54) is 77.0 Å². The lowest BCUT2D eigenvalue weighted by atomic mass is 9.44. The highest BCUT2D eigenvalue weighted by Gasteiger charge is 2.68. The third kappa shape index (κ3) is 12.3. The molecule has 11 saturated carbocycles. The number of carbonyl (C=O) groups is 7. The Labute approximate surface area is 537 Å². The van der Waals surface area contributed by atoms with Crippen molar-refractivity contribution in [2.45, 2.75) is 298 Å². The highest BCUT2D eigenvalue weighted by Crippen LogP contribution is 2.70. The van der Waals surface area contributed by atoms with Gasteiger partial charge in [-0.1, -0.05) is 149 Å². The van der Waals surface area contributed by atoms with Gasteiger partial charge in [-0.05, 0) is 226 Å². The Morgan fingerprint density at radius 3 is 1.53 bits per heavy atom. The minimum Gasteiger partial charge on any atom is -0.466 e. The summed E-state index contributed by atoms with van der Waals surface area (Å²) in [7, 11) is 0. The number of ketones is 6. The zero-order valence-corrected chi connectivity index (χ0v) is 57.0. The van der Waals surface area contributed by atoms with Crippen molar-refractivity contribution >= 4 is 40.7 Å². The summed E-state index contributed by atoms with van der Waals surface area (Å²) in [5.41, 5.74) is 2.21. The Kier molecular flexibility index (Phi) is 22.0. The largest absolute Gasteiger partial charge is 0.466 e. The monoisotopic (exact) mass is 1220 g/mol. The van der Waals surface area contributed by atoms with Gasteiger partial charge in [0.05, 0.1) is 6.61 Å². The van der Waals surface area contributed by atoms with E-state index in [0.717, 1.165) is 92.8 Å². The molecular weight excluding hydrogens is 1090 g/mol. The highest BCUT2D eigenvalue weighted by atomic mass is 16.5. The van der Waals surface area contributed by atoms with Crippen molar-refractivity contribution < 1.29 is 38.3 Å². The molecule has 0 spiro atoms. The summed E-state index contributed by atoms with van der Waals surface area (Å²) in [6, 6.07) is 0. The summed E-state index contributed by atoms with van der Waals surface area (Å²) < 4.78 is 5.09. The van der Waals surface area contributed by atoms with Crippen molar-refractivity contribution in [1.82, 2.24) is 0 Å². The van der Waals surface area contributed by atoms with Crippen LogP contribution < -0.4 is 0 Å². The maximum absolute atomic E-state index is 13.7. The minimum absolute atomic E-state index is 0. The van der Waals surface area contributed by atoms with E-state index in [2.05, 4.69) is 96.1 Å². The van der Waals surface area contributed by atoms with E-state index in [1.54, 1.807) is 0 Å². The van der Waals surface area contributed by atoms with E-state index >= 15 is 0 Å². The molecule has 0 aliphatic heterocycles. The second kappa shape index (κ2) is 27.3. The first-order chi connectivity index (χ1) is 40.6. The average Bonchev–Trinajstić information content (AvgIpc) is 1.31. The molecule has 11 fully saturated rings. The number of Topliss-reactive ketones (excluding diaryl/α,β-unsaturated/α-hetero) is 6. The van der Waals surface area contributed by atoms with Crippen molar-refractivity contribution in [2.24, 2.45) is 145 Å². The Balaban J connectivity index is 0.000000169. The summed E-state index contributed by atoms with van der Waals surface area (Å²) in [5.74, 6) is 10.9. The smallest absolute Gasteiger partial charge is 0.305 e. The topological polar surface area (TPSA) is 129 Å². The summed E-state index contributed by atoms with van der Waals surface area (Å²) in [6.07, 6.45) is 32.5. The first-order valence-corrected chi connectivity index (χ1v) is 36.6. The van der Waals surface area contributed by atoms with Crippen molar-refractivity contribution in [1.29, 1.82) is 0 Å². The number of fused-ring (bicyclic) bond motifs is 15. The molecular formula is C80H130O8. The van der Waals surface area contributed by atoms with Crippen LogP contribution in [-0.2, 0) is 38.3 Å². The van der Waals surface area contributed by atoms with E-state index < -0.39 is 5.41 Å². The third-order valence-electron chi connectivity index (χ3n) is 30.2. The Hall–Kier alpha value is -2.77. The molecule has 12 aliphatic carbocycles. The van der Waals surface area contributed by atoms with Gasteiger partial charge in [0, 0.05) is 80.5 Å². The maximum atomic E-state index is 13.7. The number of hydrogen-bond donors (Lipinski definition) is 0. The van der Waals surface area contributed by atoms with Gasteiger partial charge in [-0.15, -0.1) is 0 Å². The minimum atomic E-state index is -0.474. The first kappa shape index (κ1) is 71.1. The van der Waals surface area contributed by atoms with Gasteiger partial charge < -0.3 is 4.74 Å². The molecule has 8 nitrogen and oxygen atoms in total. The van der Waals surface area contributed by atoms with Gasteiger partial charge in [0.2, 0.25) is 0 Å². The van der Waals surface area contributed by atoms with Crippen molar-refractivity contribution in [2.75, 3.05) is 6.61 Å². The molecule has 0 amide bonds. The molecule has 0 aromatic rings. The molecule has 0 unspecified atom stereocenters. The standard InChI is InChI=1S/C28H48.C26H38O5.C24H36O3.2CH4/c1-19(2)8-7-9-21(4)24-12-13-25-23-11-10-22-18-20(3)14-16-27(22,5)26(23)15-17-28(24,25)6;1-5-31-23(30)9-6-15(2)18-7-8-19-24-20(14-22(29)26(18,19)4)25(3)11-10-17(27)12-16(25)13-21(24)28;1-5-6-14(2)17-7-8-18-22-19(13-21(27)24(17,18)4)23(3)10-9-16(25)11-15(23)12-20(22)26;;/h10,19-21,23-26H,7-9,11-18H2,1-6H3;15-16,18-20,24H,5-14H2,1-4H3;14-15,17-19,22H,5-13H2,1-4H3;2*1H4/t20-,21-,23+,24-,25+,26+,27+,28-;15-,16+,18-,19+,20+,24+,25+,26-;14-,15+,17-,18+,19+,22+,23+,24-;;/m111../s1. The average molecular weight is 1220 g/mol. The zero-order valence-electron chi connectivity index (χ0n) is 57.0. The fourth-order valence-electron chi connectivity index (χ4n) is 25.1. The van der Waals surface area contributed by atoms with Crippen LogP contribution in [0.2, 0.25) is 0 Å². The molecule has 0 radical (unpaired) electrons. The SMILES string of the molecule is C.C.CC(C)CCC[C@@H](C)[C@H]1CC[C@H]2[C@@H]3CC=C4C[C@H](C)CC[C@]4(C)[C@H]3CC[C@]12C.CCC[C@@H](C)[C@H]1CC[C@H]2[C@@H]3C(=O)C[C@@H]4CC(=O)CC[C@]4(C)[C@H]3CC(=O)[C@]12C.CCOC(=O)CC[C@@H](C)[C@H]1CC[C@H]2[C@@H]3C(=O)C[C@@H]4CC(=O)CC[C@]4(C)[C@H]3CC(=O)[C@]12C. The second-order valence-electron chi connectivity index (χ2n) is 34.6. The molecule has 12 rings (SSSR count). The van der Waals surface area contributed by atoms with Crippen LogP contribution >= 0.6 is 0 Å². The van der Waals surface area contributed by atoms with Gasteiger partial charge in [-0.25, -0.2) is 0 Å². The van der Waals surface area contributed by atoms with Crippen LogP contribution in [0.15, 0.2) is 11.6 Å². The molecule has 88 heavy (non-hydrogen) atoms. The molecule has 12 aliphatic rings. The number of rotatable bonds is 13. The van der Waals surface area contributed by atoms with Gasteiger partial charge in [0.1, 0.15) is 34.7 Å². The molecule has 0 bridgehead atoms. The molecule has 8 heteroatoms. The van der Waals surface area contributed by atoms with E-state index in [1.807, 2.05) is 12.5 Å². The number of carbonyl (C=O) groups excluding carboxylic acids is 7. The fourth-order valence-corrected chi connectivity index (χ4v) is 25.1. The lowest BCUT2D eigenvalue weighted by molar-refractivity contribution is -0.168. The first-order valence-electron chi connectivity index (χ1n) is 36.6. The lowest BCUT2D eigenvalue weighted by Crippen LogP contribution is -2.60. The van der Waals surface area contributed by atoms with Crippen LogP contribution in [0.25, 0.3) is 0 Å². The van der Waals surface area contributed by atoms with Crippen LogP contribution in [0.5, 0.6) is 0 Å². The second-order valence-corrected chi connectivity index (χ2v) is 34.6. The number of hydrogen-bond acceptors (Lipinski definition) is 8. The summed E-state index contributed by atoms with van der Waals surface area (Å²) in [4.78, 5) is 90.0. The van der Waals surface area contributed by atoms with E-state index in [-0.39, 0.29) is 102 Å². The normalized spacial score (nSPS) is 44.7. The lowest BCUT2D eigenvalue weighted by Gasteiger charge is -2.58. The van der Waals surface area contributed by atoms with Crippen molar-refractivity contribution in [3.8, 4) is 0 Å². The van der Waals surface area contributed by atoms with Gasteiger partial charge in [0.15, 0.2) is 0 Å². The maximum Gasteiger partial charge on any atom is 0.305 e. The molecule has 0 heterocycles. The summed E-state index contributed by atoms with van der Waals surface area (Å²) >= 11 is 0. The van der Waals surface area contributed by atoms with Crippen LogP contribution in [0, 0.1) is 145 Å². The van der Waals surface area contributed by atoms with Gasteiger partial charge >= 0.3 is 5.97 Å². The van der Waals surface area contributed by atoms with Crippen LogP contribution in [-0.4, -0.2) is 47.3 Å². The predicted molar refractivity (Wildman–Crippen MR) is 357 cm³/mol. The molecule has 0 aromatic carbocycles.